The average molecular weight is 346 g/mol. The number of hydrogen-bond donors (Lipinski definition) is 2. The van der Waals surface area contributed by atoms with Gasteiger partial charge in [-0.1, -0.05) is 17.7 Å². The molecule has 0 fully saturated rings. The summed E-state index contributed by atoms with van der Waals surface area (Å²) < 4.78 is 7.14. The highest BCUT2D eigenvalue weighted by molar-refractivity contribution is 6.32. The van der Waals surface area contributed by atoms with Crippen LogP contribution in [0.4, 0.5) is 0 Å². The molecule has 3 aromatic rings. The molecule has 2 heterocycles. The molecule has 24 heavy (non-hydrogen) atoms. The molecule has 0 aliphatic carbocycles. The number of benzene rings is 1. The summed E-state index contributed by atoms with van der Waals surface area (Å²) in [4.78, 5) is 8.70. The Bertz CT molecular complexity index is 877. The van der Waals surface area contributed by atoms with Crippen molar-refractivity contribution in [2.45, 2.75) is 6.29 Å². The first kappa shape index (κ1) is 16.4. The van der Waals surface area contributed by atoms with Crippen LogP contribution in [0, 0.1) is 0 Å². The number of imidazole rings is 1. The monoisotopic (exact) mass is 345 g/mol. The molecule has 0 spiro atoms. The molecule has 3 rings (SSSR count). The van der Waals surface area contributed by atoms with E-state index in [9.17, 15) is 10.2 Å². The first-order valence-electron chi connectivity index (χ1n) is 7.19. The van der Waals surface area contributed by atoms with Crippen molar-refractivity contribution in [2.75, 3.05) is 7.11 Å². The lowest BCUT2D eigenvalue weighted by Crippen LogP contribution is -1.98. The number of methoxy groups -OCH3 is 1. The summed E-state index contributed by atoms with van der Waals surface area (Å²) in [5.74, 6) is 0.564. The molecule has 6 nitrogen and oxygen atoms in total. The van der Waals surface area contributed by atoms with E-state index in [1.165, 1.54) is 6.20 Å². The predicted octanol–water partition coefficient (Wildman–Crippen LogP) is 2.79. The summed E-state index contributed by atoms with van der Waals surface area (Å²) in [5, 5.41) is 19.2. The van der Waals surface area contributed by atoms with E-state index in [-0.39, 0.29) is 0 Å². The van der Waals surface area contributed by atoms with E-state index in [4.69, 9.17) is 16.3 Å². The van der Waals surface area contributed by atoms with E-state index < -0.39 is 6.29 Å². The number of halogens is 1. The van der Waals surface area contributed by atoms with Gasteiger partial charge in [-0.05, 0) is 24.3 Å². The Balaban J connectivity index is 2.15. The van der Waals surface area contributed by atoms with Crippen LogP contribution in [0.2, 0.25) is 5.02 Å². The Morgan fingerprint density at radius 2 is 1.96 bits per heavy atom. The molecular formula is C17H16ClN3O3. The molecule has 0 aliphatic rings. The van der Waals surface area contributed by atoms with Crippen LogP contribution in [-0.4, -0.2) is 31.9 Å². The van der Waals surface area contributed by atoms with E-state index in [1.54, 1.807) is 31.6 Å². The van der Waals surface area contributed by atoms with Crippen molar-refractivity contribution in [3.63, 3.8) is 0 Å². The predicted molar refractivity (Wildman–Crippen MR) is 90.6 cm³/mol. The SMILES string of the molecule is COc1cc(-c2c(-c3cc(C(O)O)ccn3)ncn2C)ccc1Cl. The summed E-state index contributed by atoms with van der Waals surface area (Å²) >= 11 is 6.09. The number of ether oxygens (including phenoxy) is 1. The lowest BCUT2D eigenvalue weighted by Gasteiger charge is -2.10. The fraction of sp³-hybridized carbons (Fsp3) is 0.176. The van der Waals surface area contributed by atoms with Gasteiger partial charge in [0, 0.05) is 24.4 Å². The van der Waals surface area contributed by atoms with Crippen LogP contribution in [0.1, 0.15) is 11.9 Å². The van der Waals surface area contributed by atoms with Gasteiger partial charge < -0.3 is 19.5 Å². The molecule has 0 saturated carbocycles. The van der Waals surface area contributed by atoms with Crippen LogP contribution in [-0.2, 0) is 7.05 Å². The second-order valence-electron chi connectivity index (χ2n) is 5.25. The highest BCUT2D eigenvalue weighted by atomic mass is 35.5. The normalized spacial score (nSPS) is 11.1. The van der Waals surface area contributed by atoms with Crippen molar-refractivity contribution in [3.05, 3.63) is 53.4 Å². The first-order chi connectivity index (χ1) is 11.5. The molecule has 0 unspecified atom stereocenters. The largest absolute Gasteiger partial charge is 0.495 e. The Morgan fingerprint density at radius 3 is 2.67 bits per heavy atom. The van der Waals surface area contributed by atoms with Gasteiger partial charge in [-0.15, -0.1) is 0 Å². The molecule has 2 N–H and O–H groups in total. The minimum atomic E-state index is -1.56. The second-order valence-corrected chi connectivity index (χ2v) is 5.66. The second kappa shape index (κ2) is 6.60. The number of aryl methyl sites for hydroxylation is 1. The zero-order valence-corrected chi connectivity index (χ0v) is 13.9. The van der Waals surface area contributed by atoms with Crippen LogP contribution in [0.25, 0.3) is 22.6 Å². The van der Waals surface area contributed by atoms with E-state index >= 15 is 0 Å². The molecule has 1 aromatic carbocycles. The van der Waals surface area contributed by atoms with Crippen molar-refractivity contribution in [2.24, 2.45) is 7.05 Å². The van der Waals surface area contributed by atoms with Crippen molar-refractivity contribution in [1.82, 2.24) is 14.5 Å². The number of aliphatic hydroxyl groups is 2. The molecule has 0 bridgehead atoms. The van der Waals surface area contributed by atoms with E-state index in [0.29, 0.717) is 27.7 Å². The van der Waals surface area contributed by atoms with Crippen molar-refractivity contribution in [1.29, 1.82) is 0 Å². The van der Waals surface area contributed by atoms with Crippen LogP contribution < -0.4 is 4.74 Å². The molecule has 2 aromatic heterocycles. The zero-order chi connectivity index (χ0) is 17.3. The molecule has 0 atom stereocenters. The van der Waals surface area contributed by atoms with Gasteiger partial charge in [-0.2, -0.15) is 0 Å². The number of pyridine rings is 1. The minimum Gasteiger partial charge on any atom is -0.495 e. The van der Waals surface area contributed by atoms with Gasteiger partial charge in [0.1, 0.15) is 11.4 Å². The molecule has 124 valence electrons. The van der Waals surface area contributed by atoms with Crippen molar-refractivity contribution >= 4 is 11.6 Å². The highest BCUT2D eigenvalue weighted by Gasteiger charge is 2.17. The number of hydrogen-bond acceptors (Lipinski definition) is 5. The molecule has 0 radical (unpaired) electrons. The maximum atomic E-state index is 9.36. The number of aromatic nitrogens is 3. The fourth-order valence-corrected chi connectivity index (χ4v) is 2.70. The van der Waals surface area contributed by atoms with Crippen LogP contribution in [0.3, 0.4) is 0 Å². The standard InChI is InChI=1S/C17H16ClN3O3/c1-21-9-20-15(13-7-11(17(22)23)5-6-19-13)16(21)10-3-4-12(18)14(8-10)24-2/h3-9,17,22-23H,1-2H3. The van der Waals surface area contributed by atoms with Gasteiger partial charge in [0.2, 0.25) is 0 Å². The third kappa shape index (κ3) is 2.99. The quantitative estimate of drug-likeness (QED) is 0.711. The fourth-order valence-electron chi connectivity index (χ4n) is 2.50. The lowest BCUT2D eigenvalue weighted by molar-refractivity contribution is -0.0425. The van der Waals surface area contributed by atoms with Gasteiger partial charge >= 0.3 is 0 Å². The maximum absolute atomic E-state index is 9.36. The molecule has 7 heteroatoms. The summed E-state index contributed by atoms with van der Waals surface area (Å²) in [6.07, 6.45) is 1.63. The van der Waals surface area contributed by atoms with Crippen molar-refractivity contribution in [3.8, 4) is 28.4 Å². The molecule has 0 aliphatic heterocycles. The number of nitrogens with zero attached hydrogens (tertiary/aromatic N) is 3. The smallest absolute Gasteiger partial charge is 0.178 e. The Hall–Kier alpha value is -2.41. The lowest BCUT2D eigenvalue weighted by atomic mass is 10.1. The number of aliphatic hydroxyl groups excluding tert-OH is 1. The maximum Gasteiger partial charge on any atom is 0.178 e. The molecule has 0 amide bonds. The molecular weight excluding hydrogens is 330 g/mol. The van der Waals surface area contributed by atoms with Crippen LogP contribution >= 0.6 is 11.6 Å². The van der Waals surface area contributed by atoms with E-state index in [1.807, 2.05) is 23.7 Å². The third-order valence-electron chi connectivity index (χ3n) is 3.69. The third-order valence-corrected chi connectivity index (χ3v) is 4.00. The summed E-state index contributed by atoms with van der Waals surface area (Å²) in [5.41, 5.74) is 3.21. The van der Waals surface area contributed by atoms with Gasteiger partial charge in [0.25, 0.3) is 0 Å². The number of rotatable bonds is 4. The molecule has 0 saturated heterocycles. The minimum absolute atomic E-state index is 0.352. The topological polar surface area (TPSA) is 80.4 Å². The zero-order valence-electron chi connectivity index (χ0n) is 13.1. The van der Waals surface area contributed by atoms with E-state index in [2.05, 4.69) is 9.97 Å². The van der Waals surface area contributed by atoms with Gasteiger partial charge in [0.05, 0.1) is 29.8 Å². The summed E-state index contributed by atoms with van der Waals surface area (Å²) in [6.45, 7) is 0. The van der Waals surface area contributed by atoms with E-state index in [0.717, 1.165) is 11.3 Å². The first-order valence-corrected chi connectivity index (χ1v) is 7.56. The summed E-state index contributed by atoms with van der Waals surface area (Å²) in [6, 6.07) is 8.60. The van der Waals surface area contributed by atoms with Gasteiger partial charge in [-0.25, -0.2) is 4.98 Å². The van der Waals surface area contributed by atoms with Gasteiger partial charge in [-0.3, -0.25) is 4.98 Å². The van der Waals surface area contributed by atoms with Crippen molar-refractivity contribution < 1.29 is 14.9 Å². The Labute approximate surface area is 144 Å². The average Bonchev–Trinajstić information content (AvgIpc) is 2.97. The summed E-state index contributed by atoms with van der Waals surface area (Å²) in [7, 11) is 3.43. The Kier molecular flexibility index (Phi) is 4.53. The Morgan fingerprint density at radius 1 is 1.17 bits per heavy atom. The highest BCUT2D eigenvalue weighted by Crippen LogP contribution is 2.35. The van der Waals surface area contributed by atoms with Crippen LogP contribution in [0.15, 0.2) is 42.9 Å². The van der Waals surface area contributed by atoms with Crippen LogP contribution in [0.5, 0.6) is 5.75 Å². The van der Waals surface area contributed by atoms with Gasteiger partial charge in [0.15, 0.2) is 6.29 Å².